The number of aromatic nitrogens is 2. The maximum atomic E-state index is 12.5. The summed E-state index contributed by atoms with van der Waals surface area (Å²) >= 11 is 0. The second-order valence-electron chi connectivity index (χ2n) is 4.56. The summed E-state index contributed by atoms with van der Waals surface area (Å²) in [5, 5.41) is 0. The van der Waals surface area contributed by atoms with Crippen LogP contribution in [0.25, 0.3) is 0 Å². The molecule has 0 N–H and O–H groups in total. The van der Waals surface area contributed by atoms with E-state index in [0.29, 0.717) is 11.4 Å². The molecule has 2 heterocycles. The van der Waals surface area contributed by atoms with Crippen molar-refractivity contribution in [3.63, 3.8) is 0 Å². The third-order valence-electron chi connectivity index (χ3n) is 2.59. The van der Waals surface area contributed by atoms with Crippen LogP contribution in [0.4, 0.5) is 10.2 Å². The highest BCUT2D eigenvalue weighted by Crippen LogP contribution is 2.10. The average molecular weight is 337 g/mol. The van der Waals surface area contributed by atoms with Crippen LogP contribution in [0.2, 0.25) is 0 Å². The minimum atomic E-state index is -0.305. The van der Waals surface area contributed by atoms with Crippen molar-refractivity contribution in [2.24, 2.45) is 0 Å². The molecule has 0 spiro atoms. The number of methoxy groups -OCH3 is 1. The van der Waals surface area contributed by atoms with E-state index in [0.717, 1.165) is 12.0 Å². The Morgan fingerprint density at radius 3 is 1.96 bits per heavy atom. The number of anilines is 1. The molecule has 0 aliphatic rings. The van der Waals surface area contributed by atoms with Crippen LogP contribution in [0.3, 0.4) is 0 Å². The minimum Gasteiger partial charge on any atom is -0.481 e. The number of hydrogen-bond acceptors (Lipinski definition) is 4. The number of ether oxygens (including phenoxy) is 1. The molecule has 5 heteroatoms. The van der Waals surface area contributed by atoms with Gasteiger partial charge in [0.15, 0.2) is 0 Å². The van der Waals surface area contributed by atoms with Gasteiger partial charge < -0.3 is 9.64 Å². The van der Waals surface area contributed by atoms with Crippen molar-refractivity contribution in [2.45, 2.75) is 41.5 Å². The van der Waals surface area contributed by atoms with Crippen LogP contribution in [0, 0.1) is 19.7 Å². The Bertz CT molecular complexity index is 560. The lowest BCUT2D eigenvalue weighted by atomic mass is 10.3. The number of rotatable bonds is 2. The van der Waals surface area contributed by atoms with Crippen LogP contribution < -0.4 is 9.64 Å². The molecule has 2 rings (SSSR count). The van der Waals surface area contributed by atoms with Crippen molar-refractivity contribution in [3.05, 3.63) is 47.5 Å². The summed E-state index contributed by atoms with van der Waals surface area (Å²) in [5.74, 6) is 1.15. The molecule has 0 saturated heterocycles. The number of nitrogens with zero attached hydrogens (tertiary/aromatic N) is 3. The van der Waals surface area contributed by atoms with E-state index in [1.54, 1.807) is 13.0 Å². The van der Waals surface area contributed by atoms with Gasteiger partial charge in [-0.2, -0.15) is 0 Å². The van der Waals surface area contributed by atoms with E-state index in [9.17, 15) is 4.39 Å². The third-order valence-corrected chi connectivity index (χ3v) is 2.59. The largest absolute Gasteiger partial charge is 0.481 e. The smallest absolute Gasteiger partial charge is 0.213 e. The molecule has 0 fully saturated rings. The normalized spacial score (nSPS) is 8.42. The van der Waals surface area contributed by atoms with Gasteiger partial charge in [0.1, 0.15) is 11.6 Å². The second kappa shape index (κ2) is 14.4. The first-order valence-corrected chi connectivity index (χ1v) is 8.20. The lowest BCUT2D eigenvalue weighted by Gasteiger charge is -2.10. The lowest BCUT2D eigenvalue weighted by Crippen LogP contribution is -2.10. The topological polar surface area (TPSA) is 38.3 Å². The van der Waals surface area contributed by atoms with Crippen molar-refractivity contribution in [1.82, 2.24) is 9.97 Å². The van der Waals surface area contributed by atoms with Crippen LogP contribution in [0.15, 0.2) is 30.6 Å². The Morgan fingerprint density at radius 1 is 1.00 bits per heavy atom. The summed E-state index contributed by atoms with van der Waals surface area (Å²) in [6.45, 7) is 11.7. The second-order valence-corrected chi connectivity index (χ2v) is 4.56. The van der Waals surface area contributed by atoms with E-state index in [4.69, 9.17) is 4.74 Å². The van der Waals surface area contributed by atoms with Gasteiger partial charge in [-0.1, -0.05) is 27.7 Å². The summed E-state index contributed by atoms with van der Waals surface area (Å²) in [7, 11) is 5.48. The van der Waals surface area contributed by atoms with Gasteiger partial charge in [-0.25, -0.2) is 14.4 Å². The van der Waals surface area contributed by atoms with Crippen molar-refractivity contribution in [1.29, 1.82) is 0 Å². The van der Waals surface area contributed by atoms with Gasteiger partial charge in [-0.05, 0) is 37.1 Å². The van der Waals surface area contributed by atoms with Crippen LogP contribution in [-0.2, 0) is 0 Å². The standard InChI is InChI=1S/C8H12N2.C7H8FNO.2C2H6/c1-7-4-5-9-8(6-7)10(2)3;1-5-3-7(10-2)9-4-6(5)8;2*1-2/h4-6H,1-3H3;3-4H,1-2H3;2*1-2H3. The number of hydrogen-bond donors (Lipinski definition) is 0. The predicted octanol–water partition coefficient (Wildman–Crippen LogP) is 5.05. The van der Waals surface area contributed by atoms with Crippen LogP contribution in [-0.4, -0.2) is 31.2 Å². The molecule has 4 nitrogen and oxygen atoms in total. The molecule has 136 valence electrons. The highest BCUT2D eigenvalue weighted by atomic mass is 19.1. The Morgan fingerprint density at radius 2 is 1.58 bits per heavy atom. The van der Waals surface area contributed by atoms with E-state index in [1.807, 2.05) is 59.0 Å². The zero-order valence-electron chi connectivity index (χ0n) is 16.5. The third kappa shape index (κ3) is 9.77. The summed E-state index contributed by atoms with van der Waals surface area (Å²) in [6, 6.07) is 5.60. The Hall–Kier alpha value is -2.17. The minimum absolute atomic E-state index is 0.305. The van der Waals surface area contributed by atoms with E-state index in [-0.39, 0.29) is 5.82 Å². The molecule has 2 aromatic heterocycles. The lowest BCUT2D eigenvalue weighted by molar-refractivity contribution is 0.395. The van der Waals surface area contributed by atoms with E-state index in [1.165, 1.54) is 12.7 Å². The van der Waals surface area contributed by atoms with Gasteiger partial charge >= 0.3 is 0 Å². The van der Waals surface area contributed by atoms with Crippen molar-refractivity contribution in [2.75, 3.05) is 26.1 Å². The van der Waals surface area contributed by atoms with Crippen LogP contribution in [0.5, 0.6) is 5.88 Å². The van der Waals surface area contributed by atoms with E-state index >= 15 is 0 Å². The number of aryl methyl sites for hydroxylation is 2. The average Bonchev–Trinajstić information content (AvgIpc) is 2.61. The van der Waals surface area contributed by atoms with Crippen molar-refractivity contribution >= 4 is 5.82 Å². The molecule has 0 amide bonds. The Balaban J connectivity index is 0. The molecule has 0 atom stereocenters. The summed E-state index contributed by atoms with van der Waals surface area (Å²) < 4.78 is 17.3. The first-order valence-electron chi connectivity index (χ1n) is 8.20. The first kappa shape index (κ1) is 24.1. The van der Waals surface area contributed by atoms with Gasteiger partial charge in [-0.3, -0.25) is 0 Å². The van der Waals surface area contributed by atoms with Crippen LogP contribution in [0.1, 0.15) is 38.8 Å². The van der Waals surface area contributed by atoms with Gasteiger partial charge in [0.2, 0.25) is 5.88 Å². The van der Waals surface area contributed by atoms with E-state index < -0.39 is 0 Å². The highest BCUT2D eigenvalue weighted by Gasteiger charge is 1.98. The molecule has 24 heavy (non-hydrogen) atoms. The molecule has 0 radical (unpaired) electrons. The number of halogens is 1. The SMILES string of the molecule is CC.CC.COc1cc(C)c(F)cn1.Cc1ccnc(N(C)C)c1. The van der Waals surface area contributed by atoms with Gasteiger partial charge in [0.25, 0.3) is 0 Å². The van der Waals surface area contributed by atoms with Gasteiger partial charge in [0, 0.05) is 26.4 Å². The summed E-state index contributed by atoms with van der Waals surface area (Å²) in [5.41, 5.74) is 1.80. The zero-order valence-corrected chi connectivity index (χ0v) is 16.5. The molecule has 0 bridgehead atoms. The quantitative estimate of drug-likeness (QED) is 0.769. The molecule has 2 aromatic rings. The first-order chi connectivity index (χ1) is 11.4. The Labute approximate surface area is 146 Å². The highest BCUT2D eigenvalue weighted by molar-refractivity contribution is 5.38. The van der Waals surface area contributed by atoms with Gasteiger partial charge in [0.05, 0.1) is 13.3 Å². The molecule has 0 aliphatic heterocycles. The predicted molar refractivity (Wildman–Crippen MR) is 101 cm³/mol. The molecular weight excluding hydrogens is 305 g/mol. The monoisotopic (exact) mass is 337 g/mol. The fraction of sp³-hybridized carbons (Fsp3) is 0.474. The molecule has 0 aromatic carbocycles. The van der Waals surface area contributed by atoms with E-state index in [2.05, 4.69) is 23.0 Å². The maximum Gasteiger partial charge on any atom is 0.213 e. The maximum absolute atomic E-state index is 12.5. The molecular formula is C19H32FN3O. The van der Waals surface area contributed by atoms with Crippen molar-refractivity contribution in [3.8, 4) is 5.88 Å². The van der Waals surface area contributed by atoms with Gasteiger partial charge in [-0.15, -0.1) is 0 Å². The molecule has 0 unspecified atom stereocenters. The van der Waals surface area contributed by atoms with Crippen LogP contribution >= 0.6 is 0 Å². The zero-order chi connectivity index (χ0) is 19.1. The molecule has 0 aliphatic carbocycles. The summed E-state index contributed by atoms with van der Waals surface area (Å²) in [6.07, 6.45) is 2.97. The molecule has 0 saturated carbocycles. The number of pyridine rings is 2. The Kier molecular flexibility index (Phi) is 14.5. The fourth-order valence-corrected chi connectivity index (χ4v) is 1.39. The fourth-order valence-electron chi connectivity index (χ4n) is 1.39. The van der Waals surface area contributed by atoms with Crippen molar-refractivity contribution < 1.29 is 9.13 Å². The summed E-state index contributed by atoms with van der Waals surface area (Å²) in [4.78, 5) is 9.82.